The lowest BCUT2D eigenvalue weighted by Crippen LogP contribution is -2.21. The number of ether oxygens (including phenoxy) is 1. The average Bonchev–Trinajstić information content (AvgIpc) is 3.08. The fourth-order valence-electron chi connectivity index (χ4n) is 2.20. The number of carbonyl (C=O) groups excluding carboxylic acids is 1. The Morgan fingerprint density at radius 1 is 1.27 bits per heavy atom. The highest BCUT2D eigenvalue weighted by molar-refractivity contribution is 7.99. The van der Waals surface area contributed by atoms with E-state index in [1.807, 2.05) is 0 Å². The van der Waals surface area contributed by atoms with E-state index >= 15 is 0 Å². The number of carbonyl (C=O) groups is 1. The van der Waals surface area contributed by atoms with Gasteiger partial charge < -0.3 is 4.74 Å². The number of rotatable bonds is 4. The highest BCUT2D eigenvalue weighted by atomic mass is 32.2. The summed E-state index contributed by atoms with van der Waals surface area (Å²) in [5.41, 5.74) is -0.519. The first-order valence-electron chi connectivity index (χ1n) is 7.19. The third-order valence-corrected chi connectivity index (χ3v) is 5.25. The molecule has 0 radical (unpaired) electrons. The molecule has 0 aliphatic rings. The van der Waals surface area contributed by atoms with Crippen LogP contribution in [0.15, 0.2) is 45.7 Å². The number of esters is 1. The van der Waals surface area contributed by atoms with Crippen LogP contribution >= 0.6 is 23.1 Å². The van der Waals surface area contributed by atoms with Crippen LogP contribution in [0, 0.1) is 0 Å². The lowest BCUT2D eigenvalue weighted by Gasteiger charge is -2.13. The van der Waals surface area contributed by atoms with E-state index in [4.69, 9.17) is 0 Å². The van der Waals surface area contributed by atoms with Gasteiger partial charge in [-0.1, -0.05) is 11.8 Å². The van der Waals surface area contributed by atoms with Gasteiger partial charge in [0.15, 0.2) is 5.16 Å². The minimum absolute atomic E-state index is 0.0841. The minimum atomic E-state index is -4.47. The Hall–Kier alpha value is -2.33. The highest BCUT2D eigenvalue weighted by Crippen LogP contribution is 2.30. The van der Waals surface area contributed by atoms with Crippen LogP contribution in [0.25, 0.3) is 15.9 Å². The van der Waals surface area contributed by atoms with E-state index in [-0.39, 0.29) is 16.6 Å². The van der Waals surface area contributed by atoms with Gasteiger partial charge in [-0.3, -0.25) is 14.2 Å². The van der Waals surface area contributed by atoms with Crippen molar-refractivity contribution in [2.75, 3.05) is 12.9 Å². The minimum Gasteiger partial charge on any atom is -0.468 e. The normalized spacial score (nSPS) is 11.7. The monoisotopic (exact) mass is 400 g/mol. The van der Waals surface area contributed by atoms with Gasteiger partial charge in [0.05, 0.1) is 29.6 Å². The van der Waals surface area contributed by atoms with Gasteiger partial charge in [-0.25, -0.2) is 4.98 Å². The number of alkyl halides is 3. The highest BCUT2D eigenvalue weighted by Gasteiger charge is 2.30. The molecule has 0 saturated carbocycles. The number of aromatic nitrogens is 2. The topological polar surface area (TPSA) is 61.2 Å². The Balaban J connectivity index is 2.11. The van der Waals surface area contributed by atoms with Gasteiger partial charge in [0, 0.05) is 0 Å². The van der Waals surface area contributed by atoms with Crippen molar-refractivity contribution in [1.82, 2.24) is 9.55 Å². The molecule has 0 fully saturated rings. The molecule has 2 aromatic heterocycles. The third kappa shape index (κ3) is 3.61. The summed E-state index contributed by atoms with van der Waals surface area (Å²) in [6, 6.07) is 5.87. The molecule has 0 aliphatic heterocycles. The number of thiophene rings is 1. The van der Waals surface area contributed by atoms with E-state index in [1.54, 1.807) is 11.4 Å². The molecule has 26 heavy (non-hydrogen) atoms. The summed E-state index contributed by atoms with van der Waals surface area (Å²) in [6.07, 6.45) is -4.47. The SMILES string of the molecule is COC(=O)CSc1nc2ccsc2c(=O)n1-c1ccc(C(F)(F)F)cc1. The first-order chi connectivity index (χ1) is 12.3. The van der Waals surface area contributed by atoms with Crippen molar-refractivity contribution in [3.8, 4) is 5.69 Å². The number of benzene rings is 1. The van der Waals surface area contributed by atoms with E-state index in [9.17, 15) is 22.8 Å². The van der Waals surface area contributed by atoms with Crippen LogP contribution < -0.4 is 5.56 Å². The predicted octanol–water partition coefficient (Wildman–Crippen LogP) is 3.73. The van der Waals surface area contributed by atoms with Gasteiger partial charge in [0.25, 0.3) is 5.56 Å². The van der Waals surface area contributed by atoms with Gasteiger partial charge >= 0.3 is 12.1 Å². The maximum absolute atomic E-state index is 12.8. The molecule has 10 heteroatoms. The lowest BCUT2D eigenvalue weighted by molar-refractivity contribution is -0.138. The van der Waals surface area contributed by atoms with Crippen molar-refractivity contribution in [3.63, 3.8) is 0 Å². The summed E-state index contributed by atoms with van der Waals surface area (Å²) in [4.78, 5) is 28.6. The van der Waals surface area contributed by atoms with Crippen LogP contribution in [-0.2, 0) is 15.7 Å². The van der Waals surface area contributed by atoms with Gasteiger partial charge in [0.1, 0.15) is 4.70 Å². The number of halogens is 3. The summed E-state index contributed by atoms with van der Waals surface area (Å²) in [7, 11) is 1.24. The van der Waals surface area contributed by atoms with Crippen LogP contribution in [0.1, 0.15) is 5.56 Å². The molecule has 0 amide bonds. The van der Waals surface area contributed by atoms with Crippen molar-refractivity contribution in [2.45, 2.75) is 11.3 Å². The number of fused-ring (bicyclic) bond motifs is 1. The predicted molar refractivity (Wildman–Crippen MR) is 93.0 cm³/mol. The van der Waals surface area contributed by atoms with Crippen LogP contribution in [-0.4, -0.2) is 28.4 Å². The fraction of sp³-hybridized carbons (Fsp3) is 0.188. The van der Waals surface area contributed by atoms with Crippen molar-refractivity contribution < 1.29 is 22.7 Å². The summed E-state index contributed by atoms with van der Waals surface area (Å²) in [6.45, 7) is 0. The summed E-state index contributed by atoms with van der Waals surface area (Å²) >= 11 is 2.17. The van der Waals surface area contributed by atoms with Crippen LogP contribution in [0.5, 0.6) is 0 Å². The molecule has 0 N–H and O–H groups in total. The zero-order chi connectivity index (χ0) is 18.9. The lowest BCUT2D eigenvalue weighted by atomic mass is 10.2. The Morgan fingerprint density at radius 2 is 1.96 bits per heavy atom. The molecule has 3 aromatic rings. The maximum atomic E-state index is 12.8. The molecule has 1 aromatic carbocycles. The summed E-state index contributed by atoms with van der Waals surface area (Å²) < 4.78 is 44.4. The van der Waals surface area contributed by atoms with Crippen molar-refractivity contribution in [3.05, 3.63) is 51.6 Å². The Labute approximate surface area is 153 Å². The van der Waals surface area contributed by atoms with Crippen molar-refractivity contribution in [1.29, 1.82) is 0 Å². The second-order valence-electron chi connectivity index (χ2n) is 5.08. The van der Waals surface area contributed by atoms with Crippen molar-refractivity contribution in [2.24, 2.45) is 0 Å². The van der Waals surface area contributed by atoms with Gasteiger partial charge in [-0.15, -0.1) is 11.3 Å². The molecule has 0 spiro atoms. The van der Waals surface area contributed by atoms with Crippen LogP contribution in [0.3, 0.4) is 0 Å². The summed E-state index contributed by atoms with van der Waals surface area (Å²) in [5.74, 6) is -0.590. The third-order valence-electron chi connectivity index (χ3n) is 3.45. The van der Waals surface area contributed by atoms with Gasteiger partial charge in [-0.05, 0) is 35.7 Å². The number of nitrogens with zero attached hydrogens (tertiary/aromatic N) is 2. The zero-order valence-electron chi connectivity index (χ0n) is 13.2. The number of thioether (sulfide) groups is 1. The van der Waals surface area contributed by atoms with E-state index < -0.39 is 23.3 Å². The molecule has 0 saturated heterocycles. The largest absolute Gasteiger partial charge is 0.468 e. The Bertz CT molecular complexity index is 1010. The second-order valence-corrected chi connectivity index (χ2v) is 6.94. The molecular formula is C16H11F3N2O3S2. The molecule has 3 rings (SSSR count). The Kier molecular flexibility index (Phi) is 5.05. The fourth-order valence-corrected chi connectivity index (χ4v) is 3.80. The van der Waals surface area contributed by atoms with Gasteiger partial charge in [-0.2, -0.15) is 13.2 Å². The molecule has 0 unspecified atom stereocenters. The zero-order valence-corrected chi connectivity index (χ0v) is 14.9. The maximum Gasteiger partial charge on any atom is 0.416 e. The second kappa shape index (κ2) is 7.12. The Morgan fingerprint density at radius 3 is 2.58 bits per heavy atom. The quantitative estimate of drug-likeness (QED) is 0.379. The smallest absolute Gasteiger partial charge is 0.416 e. The molecule has 136 valence electrons. The average molecular weight is 400 g/mol. The molecule has 0 atom stereocenters. The van der Waals surface area contributed by atoms with Gasteiger partial charge in [0.2, 0.25) is 0 Å². The van der Waals surface area contributed by atoms with Crippen LogP contribution in [0.4, 0.5) is 13.2 Å². The number of methoxy groups -OCH3 is 1. The molecular weight excluding hydrogens is 389 g/mol. The first kappa shape index (κ1) is 18.5. The van der Waals surface area contributed by atoms with E-state index in [0.717, 1.165) is 23.9 Å². The standard InChI is InChI=1S/C16H11F3N2O3S2/c1-24-12(22)8-26-15-20-11-6-7-25-13(11)14(23)21(15)10-4-2-9(3-5-10)16(17,18)19/h2-7H,8H2,1H3. The number of hydrogen-bond donors (Lipinski definition) is 0. The molecule has 0 aliphatic carbocycles. The molecule has 5 nitrogen and oxygen atoms in total. The molecule has 0 bridgehead atoms. The number of hydrogen-bond acceptors (Lipinski definition) is 6. The van der Waals surface area contributed by atoms with Crippen molar-refractivity contribution >= 4 is 39.3 Å². The van der Waals surface area contributed by atoms with E-state index in [1.165, 1.54) is 35.1 Å². The molecule has 2 heterocycles. The van der Waals surface area contributed by atoms with E-state index in [0.29, 0.717) is 10.2 Å². The van der Waals surface area contributed by atoms with E-state index in [2.05, 4.69) is 9.72 Å². The first-order valence-corrected chi connectivity index (χ1v) is 9.05. The summed E-state index contributed by atoms with van der Waals surface area (Å²) in [5, 5.41) is 1.90. The van der Waals surface area contributed by atoms with Crippen LogP contribution in [0.2, 0.25) is 0 Å².